The van der Waals surface area contributed by atoms with Gasteiger partial charge in [-0.05, 0) is 43.3 Å². The molecule has 0 saturated heterocycles. The molecule has 0 aliphatic carbocycles. The number of nitrogens with one attached hydrogen (secondary N) is 1. The molecule has 134 valence electrons. The van der Waals surface area contributed by atoms with Crippen LogP contribution in [0.1, 0.15) is 18.1 Å². The van der Waals surface area contributed by atoms with Gasteiger partial charge in [0, 0.05) is 11.3 Å². The Kier molecular flexibility index (Phi) is 6.57. The van der Waals surface area contributed by atoms with E-state index in [2.05, 4.69) is 10.5 Å². The van der Waals surface area contributed by atoms with Crippen molar-refractivity contribution in [2.75, 3.05) is 19.5 Å². The highest BCUT2D eigenvalue weighted by Crippen LogP contribution is 2.26. The number of rotatable bonds is 7. The first-order valence-corrected chi connectivity index (χ1v) is 7.79. The second kappa shape index (κ2) is 9.08. The van der Waals surface area contributed by atoms with E-state index in [9.17, 15) is 4.79 Å². The maximum absolute atomic E-state index is 12.1. The minimum Gasteiger partial charge on any atom is -0.493 e. The van der Waals surface area contributed by atoms with Gasteiger partial charge in [0.25, 0.3) is 5.91 Å². The quantitative estimate of drug-likeness (QED) is 0.610. The maximum Gasteiger partial charge on any atom is 0.267 e. The van der Waals surface area contributed by atoms with Gasteiger partial charge >= 0.3 is 0 Å². The van der Waals surface area contributed by atoms with Crippen molar-refractivity contribution in [2.24, 2.45) is 5.16 Å². The number of hydrogen-bond donors (Lipinski definition) is 1. The van der Waals surface area contributed by atoms with Crippen LogP contribution in [0.2, 0.25) is 0 Å². The van der Waals surface area contributed by atoms with E-state index in [1.165, 1.54) is 6.21 Å². The number of carbonyl (C=O) groups is 1. The summed E-state index contributed by atoms with van der Waals surface area (Å²) in [7, 11) is 3.10. The third kappa shape index (κ3) is 4.98. The fourth-order valence-electron chi connectivity index (χ4n) is 2.07. The van der Waals surface area contributed by atoms with Crippen LogP contribution in [-0.4, -0.2) is 32.4 Å². The monoisotopic (exact) mass is 353 g/mol. The normalized spacial score (nSPS) is 11.5. The van der Waals surface area contributed by atoms with Crippen molar-refractivity contribution in [3.8, 4) is 17.6 Å². The molecule has 0 radical (unpaired) electrons. The second-order valence-corrected chi connectivity index (χ2v) is 5.28. The molecule has 0 aromatic heterocycles. The SMILES string of the molecule is COc1ccc(/C=N/OC(C)C(=O)Nc2cccc(C#N)c2)cc1OC. The van der Waals surface area contributed by atoms with Crippen molar-refractivity contribution in [3.63, 3.8) is 0 Å². The molecule has 26 heavy (non-hydrogen) atoms. The molecule has 2 aromatic rings. The Bertz CT molecular complexity index is 843. The first kappa shape index (κ1) is 18.8. The molecule has 2 aromatic carbocycles. The van der Waals surface area contributed by atoms with E-state index in [0.29, 0.717) is 22.7 Å². The number of carbonyl (C=O) groups excluding carboxylic acids is 1. The van der Waals surface area contributed by atoms with Crippen LogP contribution >= 0.6 is 0 Å². The lowest BCUT2D eigenvalue weighted by Gasteiger charge is -2.11. The number of nitrogens with zero attached hydrogens (tertiary/aromatic N) is 2. The molecule has 0 saturated carbocycles. The topological polar surface area (TPSA) is 92.9 Å². The number of anilines is 1. The van der Waals surface area contributed by atoms with Crippen LogP contribution in [0.5, 0.6) is 11.5 Å². The molecule has 2 rings (SSSR count). The lowest BCUT2D eigenvalue weighted by molar-refractivity contribution is -0.126. The van der Waals surface area contributed by atoms with Crippen molar-refractivity contribution < 1.29 is 19.1 Å². The van der Waals surface area contributed by atoms with Crippen molar-refractivity contribution in [1.82, 2.24) is 0 Å². The molecule has 0 aliphatic heterocycles. The predicted octanol–water partition coefficient (Wildman–Crippen LogP) is 2.95. The Labute approximate surface area is 151 Å². The van der Waals surface area contributed by atoms with Crippen LogP contribution in [0.25, 0.3) is 0 Å². The van der Waals surface area contributed by atoms with E-state index in [-0.39, 0.29) is 5.91 Å². The standard InChI is InChI=1S/C19H19N3O4/c1-13(19(23)22-16-6-4-5-14(9-16)11-20)26-21-12-15-7-8-17(24-2)18(10-15)25-3/h4-10,12-13H,1-3H3,(H,22,23)/b21-12+. The third-order valence-corrected chi connectivity index (χ3v) is 3.46. The largest absolute Gasteiger partial charge is 0.493 e. The predicted molar refractivity (Wildman–Crippen MR) is 97.5 cm³/mol. The van der Waals surface area contributed by atoms with Crippen molar-refractivity contribution in [3.05, 3.63) is 53.6 Å². The molecule has 0 heterocycles. The molecule has 0 bridgehead atoms. The van der Waals surface area contributed by atoms with Gasteiger partial charge in [-0.2, -0.15) is 5.26 Å². The molecule has 0 fully saturated rings. The van der Waals surface area contributed by atoms with Gasteiger partial charge in [-0.1, -0.05) is 11.2 Å². The van der Waals surface area contributed by atoms with Crippen LogP contribution in [0.15, 0.2) is 47.6 Å². The van der Waals surface area contributed by atoms with E-state index < -0.39 is 6.10 Å². The van der Waals surface area contributed by atoms with Crippen LogP contribution in [0.4, 0.5) is 5.69 Å². The number of ether oxygens (including phenoxy) is 2. The number of methoxy groups -OCH3 is 2. The van der Waals surface area contributed by atoms with Gasteiger partial charge in [-0.25, -0.2) is 0 Å². The highest BCUT2D eigenvalue weighted by Gasteiger charge is 2.14. The molecule has 7 heteroatoms. The average Bonchev–Trinajstić information content (AvgIpc) is 2.67. The zero-order chi connectivity index (χ0) is 18.9. The van der Waals surface area contributed by atoms with E-state index >= 15 is 0 Å². The molecular formula is C19H19N3O4. The van der Waals surface area contributed by atoms with E-state index in [1.54, 1.807) is 63.6 Å². The summed E-state index contributed by atoms with van der Waals surface area (Å²) in [6.07, 6.45) is 0.666. The number of benzene rings is 2. The van der Waals surface area contributed by atoms with Gasteiger partial charge < -0.3 is 19.6 Å². The number of nitriles is 1. The summed E-state index contributed by atoms with van der Waals surface area (Å²) in [6.45, 7) is 1.58. The summed E-state index contributed by atoms with van der Waals surface area (Å²) in [5.41, 5.74) is 1.72. The van der Waals surface area contributed by atoms with Crippen LogP contribution < -0.4 is 14.8 Å². The zero-order valence-electron chi connectivity index (χ0n) is 14.7. The summed E-state index contributed by atoms with van der Waals surface area (Å²) in [6, 6.07) is 13.9. The van der Waals surface area contributed by atoms with Crippen molar-refractivity contribution in [1.29, 1.82) is 5.26 Å². The van der Waals surface area contributed by atoms with Gasteiger partial charge in [-0.15, -0.1) is 0 Å². The zero-order valence-corrected chi connectivity index (χ0v) is 14.7. The molecule has 1 atom stereocenters. The van der Waals surface area contributed by atoms with Gasteiger partial charge in [-0.3, -0.25) is 4.79 Å². The summed E-state index contributed by atoms with van der Waals surface area (Å²) >= 11 is 0. The molecule has 7 nitrogen and oxygen atoms in total. The third-order valence-electron chi connectivity index (χ3n) is 3.46. The second-order valence-electron chi connectivity index (χ2n) is 5.28. The van der Waals surface area contributed by atoms with Crippen LogP contribution in [0.3, 0.4) is 0 Å². The first-order valence-electron chi connectivity index (χ1n) is 7.79. The lowest BCUT2D eigenvalue weighted by Crippen LogP contribution is -2.26. The van der Waals surface area contributed by atoms with Crippen LogP contribution in [-0.2, 0) is 9.63 Å². The molecular weight excluding hydrogens is 334 g/mol. The summed E-state index contributed by atoms with van der Waals surface area (Å²) < 4.78 is 10.4. The van der Waals surface area contributed by atoms with E-state index in [4.69, 9.17) is 19.6 Å². The lowest BCUT2D eigenvalue weighted by atomic mass is 10.2. The number of hydrogen-bond acceptors (Lipinski definition) is 6. The summed E-state index contributed by atoms with van der Waals surface area (Å²) in [4.78, 5) is 17.3. The molecule has 1 amide bonds. The summed E-state index contributed by atoms with van der Waals surface area (Å²) in [5, 5.41) is 15.4. The molecule has 0 spiro atoms. The highest BCUT2D eigenvalue weighted by molar-refractivity contribution is 5.94. The summed E-state index contributed by atoms with van der Waals surface area (Å²) in [5.74, 6) is 0.807. The highest BCUT2D eigenvalue weighted by atomic mass is 16.6. The van der Waals surface area contributed by atoms with Gasteiger partial charge in [0.1, 0.15) is 0 Å². The Morgan fingerprint density at radius 2 is 1.96 bits per heavy atom. The maximum atomic E-state index is 12.1. The minimum absolute atomic E-state index is 0.371. The Hall–Kier alpha value is -3.53. The average molecular weight is 353 g/mol. The molecule has 0 aliphatic rings. The van der Waals surface area contributed by atoms with Crippen molar-refractivity contribution in [2.45, 2.75) is 13.0 Å². The van der Waals surface area contributed by atoms with Gasteiger partial charge in [0.2, 0.25) is 6.10 Å². The van der Waals surface area contributed by atoms with E-state index in [1.807, 2.05) is 6.07 Å². The first-order chi connectivity index (χ1) is 12.6. The Balaban J connectivity index is 1.94. The molecule has 1 unspecified atom stereocenters. The van der Waals surface area contributed by atoms with Gasteiger partial charge in [0.15, 0.2) is 11.5 Å². The number of oxime groups is 1. The van der Waals surface area contributed by atoms with Crippen LogP contribution in [0, 0.1) is 11.3 Å². The van der Waals surface area contributed by atoms with Gasteiger partial charge in [0.05, 0.1) is 32.1 Å². The fraction of sp³-hybridized carbons (Fsp3) is 0.211. The van der Waals surface area contributed by atoms with Crippen molar-refractivity contribution >= 4 is 17.8 Å². The van der Waals surface area contributed by atoms with E-state index in [0.717, 1.165) is 5.56 Å². The fourth-order valence-corrected chi connectivity index (χ4v) is 2.07. The Morgan fingerprint density at radius 1 is 1.19 bits per heavy atom. The number of amides is 1. The molecule has 1 N–H and O–H groups in total. The Morgan fingerprint density at radius 3 is 2.65 bits per heavy atom. The minimum atomic E-state index is -0.808. The smallest absolute Gasteiger partial charge is 0.267 e.